The Kier molecular flexibility index (Phi) is 5.38. The van der Waals surface area contributed by atoms with Crippen molar-refractivity contribution >= 4 is 29.0 Å². The summed E-state index contributed by atoms with van der Waals surface area (Å²) in [5.41, 5.74) is 2.04. The summed E-state index contributed by atoms with van der Waals surface area (Å²) in [6.07, 6.45) is 1.43. The predicted octanol–water partition coefficient (Wildman–Crippen LogP) is 3.70. The number of benzene rings is 2. The molecule has 0 saturated carbocycles. The highest BCUT2D eigenvalue weighted by molar-refractivity contribution is 5.96. The highest BCUT2D eigenvalue weighted by atomic mass is 19.1. The van der Waals surface area contributed by atoms with Gasteiger partial charge >= 0.3 is 6.03 Å². The molecule has 2 aromatic carbocycles. The van der Waals surface area contributed by atoms with Crippen molar-refractivity contribution in [3.8, 4) is 0 Å². The Labute approximate surface area is 169 Å². The Morgan fingerprint density at radius 2 is 1.93 bits per heavy atom. The summed E-state index contributed by atoms with van der Waals surface area (Å²) in [5, 5.41) is 2.94. The number of para-hydroxylation sites is 1. The fraction of sp³-hybridized carbons (Fsp3) is 0.364. The zero-order valence-corrected chi connectivity index (χ0v) is 16.5. The minimum absolute atomic E-state index is 0.0632. The van der Waals surface area contributed by atoms with Gasteiger partial charge in [0.15, 0.2) is 0 Å². The lowest BCUT2D eigenvalue weighted by molar-refractivity contribution is -0.117. The van der Waals surface area contributed by atoms with Crippen molar-refractivity contribution in [3.05, 3.63) is 54.3 Å². The molecule has 4 rings (SSSR count). The van der Waals surface area contributed by atoms with Gasteiger partial charge in [-0.2, -0.15) is 0 Å². The molecule has 0 bridgehead atoms. The SMILES string of the molecule is CC1CN(c2ccccc2F)CCN1C(=O)Nc1cccc(N2CCCC2=O)c1. The molecule has 1 atom stereocenters. The van der Waals surface area contributed by atoms with Gasteiger partial charge in [0, 0.05) is 50.0 Å². The van der Waals surface area contributed by atoms with Crippen LogP contribution in [0.2, 0.25) is 0 Å². The average molecular weight is 396 g/mol. The lowest BCUT2D eigenvalue weighted by Gasteiger charge is -2.41. The van der Waals surface area contributed by atoms with Crippen molar-refractivity contribution in [2.24, 2.45) is 0 Å². The second-order valence-electron chi connectivity index (χ2n) is 7.57. The zero-order valence-electron chi connectivity index (χ0n) is 16.5. The Morgan fingerprint density at radius 1 is 1.10 bits per heavy atom. The quantitative estimate of drug-likeness (QED) is 0.861. The number of rotatable bonds is 3. The van der Waals surface area contributed by atoms with Crippen LogP contribution in [0, 0.1) is 5.82 Å². The van der Waals surface area contributed by atoms with Crippen LogP contribution in [-0.2, 0) is 4.79 Å². The van der Waals surface area contributed by atoms with E-state index in [-0.39, 0.29) is 23.8 Å². The summed E-state index contributed by atoms with van der Waals surface area (Å²) in [6, 6.07) is 13.9. The number of anilines is 3. The van der Waals surface area contributed by atoms with Crippen LogP contribution in [0.1, 0.15) is 19.8 Å². The number of halogens is 1. The molecule has 2 saturated heterocycles. The smallest absolute Gasteiger partial charge is 0.322 e. The van der Waals surface area contributed by atoms with Crippen molar-refractivity contribution in [2.45, 2.75) is 25.8 Å². The van der Waals surface area contributed by atoms with Crippen molar-refractivity contribution in [1.82, 2.24) is 4.90 Å². The Hall–Kier alpha value is -3.09. The molecule has 2 heterocycles. The molecule has 2 aliphatic heterocycles. The monoisotopic (exact) mass is 396 g/mol. The molecule has 152 valence electrons. The summed E-state index contributed by atoms with van der Waals surface area (Å²) in [4.78, 5) is 30.3. The molecule has 6 nitrogen and oxygen atoms in total. The van der Waals surface area contributed by atoms with Gasteiger partial charge in [-0.1, -0.05) is 18.2 Å². The minimum Gasteiger partial charge on any atom is -0.365 e. The number of hydrogen-bond acceptors (Lipinski definition) is 3. The van der Waals surface area contributed by atoms with E-state index in [0.29, 0.717) is 44.0 Å². The second-order valence-corrected chi connectivity index (χ2v) is 7.57. The van der Waals surface area contributed by atoms with Crippen molar-refractivity contribution < 1.29 is 14.0 Å². The Morgan fingerprint density at radius 3 is 2.66 bits per heavy atom. The molecule has 29 heavy (non-hydrogen) atoms. The first kappa shape index (κ1) is 19.2. The third-order valence-electron chi connectivity index (χ3n) is 5.56. The van der Waals surface area contributed by atoms with E-state index >= 15 is 0 Å². The van der Waals surface area contributed by atoms with Gasteiger partial charge in [-0.15, -0.1) is 0 Å². The lowest BCUT2D eigenvalue weighted by atomic mass is 10.1. The summed E-state index contributed by atoms with van der Waals surface area (Å²) < 4.78 is 14.1. The Balaban J connectivity index is 1.41. The average Bonchev–Trinajstić information content (AvgIpc) is 3.14. The van der Waals surface area contributed by atoms with Gasteiger partial charge < -0.3 is 20.0 Å². The van der Waals surface area contributed by atoms with Gasteiger partial charge in [-0.3, -0.25) is 4.79 Å². The molecule has 2 aromatic rings. The molecule has 7 heteroatoms. The second kappa shape index (κ2) is 8.11. The number of urea groups is 1. The number of amides is 3. The molecule has 0 spiro atoms. The van der Waals surface area contributed by atoms with Crippen LogP contribution in [0.5, 0.6) is 0 Å². The van der Waals surface area contributed by atoms with Crippen LogP contribution < -0.4 is 15.1 Å². The van der Waals surface area contributed by atoms with E-state index in [4.69, 9.17) is 0 Å². The van der Waals surface area contributed by atoms with Crippen molar-refractivity contribution in [2.75, 3.05) is 41.3 Å². The highest BCUT2D eigenvalue weighted by Crippen LogP contribution is 2.26. The predicted molar refractivity (Wildman–Crippen MR) is 112 cm³/mol. The largest absolute Gasteiger partial charge is 0.365 e. The van der Waals surface area contributed by atoms with Crippen LogP contribution >= 0.6 is 0 Å². The normalized spacial score (nSPS) is 19.6. The fourth-order valence-electron chi connectivity index (χ4n) is 4.05. The number of carbonyl (C=O) groups is 2. The molecule has 1 unspecified atom stereocenters. The molecule has 0 aromatic heterocycles. The van der Waals surface area contributed by atoms with Gasteiger partial charge in [0.2, 0.25) is 5.91 Å². The van der Waals surface area contributed by atoms with Gasteiger partial charge in [0.25, 0.3) is 0 Å². The number of nitrogens with zero attached hydrogens (tertiary/aromatic N) is 3. The van der Waals surface area contributed by atoms with Crippen LogP contribution in [0.25, 0.3) is 0 Å². The van der Waals surface area contributed by atoms with Gasteiger partial charge in [-0.25, -0.2) is 9.18 Å². The fourth-order valence-corrected chi connectivity index (χ4v) is 4.05. The van der Waals surface area contributed by atoms with E-state index < -0.39 is 0 Å². The van der Waals surface area contributed by atoms with Crippen LogP contribution in [0.4, 0.5) is 26.2 Å². The summed E-state index contributed by atoms with van der Waals surface area (Å²) >= 11 is 0. The maximum atomic E-state index is 14.1. The summed E-state index contributed by atoms with van der Waals surface area (Å²) in [6.45, 7) is 4.32. The van der Waals surface area contributed by atoms with Crippen molar-refractivity contribution in [3.63, 3.8) is 0 Å². The van der Waals surface area contributed by atoms with E-state index in [1.165, 1.54) is 6.07 Å². The van der Waals surface area contributed by atoms with Crippen LogP contribution in [0.15, 0.2) is 48.5 Å². The van der Waals surface area contributed by atoms with Crippen LogP contribution in [-0.4, -0.2) is 49.1 Å². The van der Waals surface area contributed by atoms with Gasteiger partial charge in [-0.05, 0) is 43.7 Å². The first-order valence-corrected chi connectivity index (χ1v) is 10.0. The topological polar surface area (TPSA) is 55.9 Å². The molecule has 2 fully saturated rings. The molecular formula is C22H25FN4O2. The van der Waals surface area contributed by atoms with Crippen LogP contribution in [0.3, 0.4) is 0 Å². The van der Waals surface area contributed by atoms with E-state index in [1.807, 2.05) is 42.2 Å². The lowest BCUT2D eigenvalue weighted by Crippen LogP contribution is -2.55. The van der Waals surface area contributed by atoms with E-state index in [9.17, 15) is 14.0 Å². The van der Waals surface area contributed by atoms with E-state index in [0.717, 1.165) is 12.1 Å². The minimum atomic E-state index is -0.245. The van der Waals surface area contributed by atoms with Gasteiger partial charge in [0.1, 0.15) is 5.82 Å². The first-order valence-electron chi connectivity index (χ1n) is 10.0. The Bertz CT molecular complexity index is 919. The molecule has 0 radical (unpaired) electrons. The summed E-state index contributed by atoms with van der Waals surface area (Å²) in [5.74, 6) is -0.128. The standard InChI is InChI=1S/C22H25FN4O2/c1-16-15-25(20-9-3-2-8-19(20)23)12-13-26(16)22(29)24-17-6-4-7-18(14-17)27-11-5-10-21(27)28/h2-4,6-9,14,16H,5,10-13,15H2,1H3,(H,24,29). The number of carbonyl (C=O) groups excluding carboxylic acids is 2. The zero-order chi connectivity index (χ0) is 20.4. The van der Waals surface area contributed by atoms with Gasteiger partial charge in [0.05, 0.1) is 5.69 Å². The third kappa shape index (κ3) is 4.04. The molecule has 1 N–H and O–H groups in total. The number of piperazine rings is 1. The first-order chi connectivity index (χ1) is 14.0. The molecule has 3 amide bonds. The van der Waals surface area contributed by atoms with E-state index in [1.54, 1.807) is 21.9 Å². The van der Waals surface area contributed by atoms with Crippen molar-refractivity contribution in [1.29, 1.82) is 0 Å². The van der Waals surface area contributed by atoms with E-state index in [2.05, 4.69) is 5.32 Å². The third-order valence-corrected chi connectivity index (χ3v) is 5.56. The molecular weight excluding hydrogens is 371 g/mol. The molecule has 0 aliphatic carbocycles. The molecule has 2 aliphatic rings. The summed E-state index contributed by atoms with van der Waals surface area (Å²) in [7, 11) is 0. The maximum absolute atomic E-state index is 14.1. The number of hydrogen-bond donors (Lipinski definition) is 1. The highest BCUT2D eigenvalue weighted by Gasteiger charge is 2.29. The maximum Gasteiger partial charge on any atom is 0.322 e. The number of nitrogens with one attached hydrogen (secondary N) is 1.